The Kier molecular flexibility index (Phi) is 4.58. The molecule has 0 aromatic heterocycles. The van der Waals surface area contributed by atoms with Crippen LogP contribution in [-0.4, -0.2) is 6.10 Å². The summed E-state index contributed by atoms with van der Waals surface area (Å²) in [6, 6.07) is 18.0. The summed E-state index contributed by atoms with van der Waals surface area (Å²) in [5, 5.41) is 0. The second kappa shape index (κ2) is 6.39. The first kappa shape index (κ1) is 13.6. The molecular weight excluding hydrogens is 236 g/mol. The lowest BCUT2D eigenvalue weighted by molar-refractivity contribution is -0.111. The van der Waals surface area contributed by atoms with Crippen molar-refractivity contribution in [2.24, 2.45) is 0 Å². The Morgan fingerprint density at radius 2 is 1.47 bits per heavy atom. The second-order valence-electron chi connectivity index (χ2n) is 4.86. The molecule has 1 atom stereocenters. The Morgan fingerprint density at radius 3 is 2.05 bits per heavy atom. The predicted molar refractivity (Wildman–Crippen MR) is 77.2 cm³/mol. The van der Waals surface area contributed by atoms with Crippen LogP contribution in [0.2, 0.25) is 0 Å². The van der Waals surface area contributed by atoms with Gasteiger partial charge in [-0.2, -0.15) is 0 Å². The smallest absolute Gasteiger partial charge is 0.226 e. The van der Waals surface area contributed by atoms with Gasteiger partial charge in [-0.1, -0.05) is 48.0 Å². The molecule has 1 unspecified atom stereocenters. The summed E-state index contributed by atoms with van der Waals surface area (Å²) in [6.07, 6.45) is -0.264. The zero-order valence-corrected chi connectivity index (χ0v) is 11.7. The third-order valence-electron chi connectivity index (χ3n) is 2.73. The molecule has 100 valence electrons. The van der Waals surface area contributed by atoms with Gasteiger partial charge in [0.05, 0.1) is 6.10 Å². The van der Waals surface area contributed by atoms with Gasteiger partial charge in [-0.25, -0.2) is 0 Å². The van der Waals surface area contributed by atoms with Gasteiger partial charge >= 0.3 is 0 Å². The first-order valence-electron chi connectivity index (χ1n) is 6.59. The van der Waals surface area contributed by atoms with E-state index in [2.05, 4.69) is 6.92 Å². The molecule has 2 nitrogen and oxygen atoms in total. The van der Waals surface area contributed by atoms with Gasteiger partial charge in [0.2, 0.25) is 6.29 Å². The number of benzene rings is 2. The lowest BCUT2D eigenvalue weighted by Crippen LogP contribution is -2.16. The normalized spacial score (nSPS) is 12.4. The van der Waals surface area contributed by atoms with Crippen LogP contribution < -0.4 is 4.74 Å². The Balaban J connectivity index is 2.16. The highest BCUT2D eigenvalue weighted by Crippen LogP contribution is 2.24. The molecule has 0 bridgehead atoms. The van der Waals surface area contributed by atoms with Gasteiger partial charge in [0.25, 0.3) is 0 Å². The van der Waals surface area contributed by atoms with Gasteiger partial charge in [-0.05, 0) is 32.9 Å². The average molecular weight is 256 g/mol. The molecule has 0 fully saturated rings. The Morgan fingerprint density at radius 1 is 0.842 bits per heavy atom. The number of hydrogen-bond acceptors (Lipinski definition) is 2. The molecular formula is C17H20O2. The van der Waals surface area contributed by atoms with Gasteiger partial charge in [-0.3, -0.25) is 0 Å². The Labute approximate surface area is 115 Å². The molecule has 0 saturated carbocycles. The van der Waals surface area contributed by atoms with Gasteiger partial charge < -0.3 is 9.47 Å². The van der Waals surface area contributed by atoms with Crippen LogP contribution in [0.3, 0.4) is 0 Å². The zero-order chi connectivity index (χ0) is 13.7. The van der Waals surface area contributed by atoms with E-state index >= 15 is 0 Å². The maximum atomic E-state index is 5.94. The minimum Gasteiger partial charge on any atom is -0.461 e. The number of ether oxygens (including phenoxy) is 2. The van der Waals surface area contributed by atoms with Crippen molar-refractivity contribution in [2.45, 2.75) is 33.2 Å². The van der Waals surface area contributed by atoms with Gasteiger partial charge in [0, 0.05) is 5.56 Å². The molecule has 0 amide bonds. The Hall–Kier alpha value is -1.80. The van der Waals surface area contributed by atoms with Crippen LogP contribution in [0.5, 0.6) is 5.75 Å². The van der Waals surface area contributed by atoms with Crippen molar-refractivity contribution < 1.29 is 9.47 Å². The topological polar surface area (TPSA) is 18.5 Å². The molecule has 0 radical (unpaired) electrons. The van der Waals surface area contributed by atoms with Crippen molar-refractivity contribution in [3.63, 3.8) is 0 Å². The van der Waals surface area contributed by atoms with E-state index in [1.165, 1.54) is 5.56 Å². The van der Waals surface area contributed by atoms with Crippen LogP contribution in [0.1, 0.15) is 31.3 Å². The van der Waals surface area contributed by atoms with Crippen LogP contribution in [-0.2, 0) is 4.74 Å². The summed E-state index contributed by atoms with van der Waals surface area (Å²) < 4.78 is 11.8. The number of aryl methyl sites for hydroxylation is 1. The summed E-state index contributed by atoms with van der Waals surface area (Å²) >= 11 is 0. The van der Waals surface area contributed by atoms with Crippen LogP contribution >= 0.6 is 0 Å². The molecule has 2 aromatic carbocycles. The maximum Gasteiger partial charge on any atom is 0.226 e. The number of rotatable bonds is 5. The molecule has 2 rings (SSSR count). The molecule has 2 heteroatoms. The minimum atomic E-state index is -0.371. The first-order chi connectivity index (χ1) is 9.15. The molecule has 0 aliphatic heterocycles. The van der Waals surface area contributed by atoms with Crippen LogP contribution in [0.15, 0.2) is 54.6 Å². The second-order valence-corrected chi connectivity index (χ2v) is 4.86. The lowest BCUT2D eigenvalue weighted by Gasteiger charge is -2.22. The highest BCUT2D eigenvalue weighted by atomic mass is 16.7. The Bertz CT molecular complexity index is 488. The molecule has 0 N–H and O–H groups in total. The van der Waals surface area contributed by atoms with Gasteiger partial charge in [-0.15, -0.1) is 0 Å². The van der Waals surface area contributed by atoms with Crippen molar-refractivity contribution in [1.29, 1.82) is 0 Å². The monoisotopic (exact) mass is 256 g/mol. The largest absolute Gasteiger partial charge is 0.461 e. The molecule has 0 aliphatic carbocycles. The molecule has 0 spiro atoms. The van der Waals surface area contributed by atoms with E-state index in [9.17, 15) is 0 Å². The van der Waals surface area contributed by atoms with E-state index in [1.807, 2.05) is 68.4 Å². The molecule has 2 aromatic rings. The van der Waals surface area contributed by atoms with Crippen molar-refractivity contribution in [1.82, 2.24) is 0 Å². The van der Waals surface area contributed by atoms with Crippen LogP contribution in [0.25, 0.3) is 0 Å². The highest BCUT2D eigenvalue weighted by molar-refractivity contribution is 5.27. The van der Waals surface area contributed by atoms with Crippen LogP contribution in [0.4, 0.5) is 0 Å². The zero-order valence-electron chi connectivity index (χ0n) is 11.7. The summed E-state index contributed by atoms with van der Waals surface area (Å²) in [5.41, 5.74) is 2.24. The first-order valence-corrected chi connectivity index (χ1v) is 6.59. The fourth-order valence-electron chi connectivity index (χ4n) is 1.77. The minimum absolute atomic E-state index is 0.107. The number of hydrogen-bond donors (Lipinski definition) is 0. The predicted octanol–water partition coefficient (Wildman–Crippen LogP) is 4.50. The average Bonchev–Trinajstić information content (AvgIpc) is 2.41. The third-order valence-corrected chi connectivity index (χ3v) is 2.73. The highest BCUT2D eigenvalue weighted by Gasteiger charge is 2.15. The fraction of sp³-hybridized carbons (Fsp3) is 0.294. The SMILES string of the molecule is Cc1ccc(OC(OC(C)C)c2ccccc2)cc1. The standard InChI is InChI=1S/C17H20O2/c1-13(2)18-17(15-7-5-4-6-8-15)19-16-11-9-14(3)10-12-16/h4-13,17H,1-3H3. The molecule has 0 aliphatic rings. The van der Waals surface area contributed by atoms with Crippen molar-refractivity contribution in [3.8, 4) is 5.75 Å². The lowest BCUT2D eigenvalue weighted by atomic mass is 10.2. The summed E-state index contributed by atoms with van der Waals surface area (Å²) in [5.74, 6) is 0.820. The van der Waals surface area contributed by atoms with E-state index in [1.54, 1.807) is 0 Å². The maximum absolute atomic E-state index is 5.94. The van der Waals surface area contributed by atoms with Crippen molar-refractivity contribution in [3.05, 3.63) is 65.7 Å². The summed E-state index contributed by atoms with van der Waals surface area (Å²) in [4.78, 5) is 0. The quantitative estimate of drug-likeness (QED) is 0.733. The van der Waals surface area contributed by atoms with E-state index < -0.39 is 0 Å². The summed E-state index contributed by atoms with van der Waals surface area (Å²) in [6.45, 7) is 6.08. The van der Waals surface area contributed by atoms with Crippen molar-refractivity contribution >= 4 is 0 Å². The van der Waals surface area contributed by atoms with Gasteiger partial charge in [0.15, 0.2) is 0 Å². The van der Waals surface area contributed by atoms with E-state index in [0.29, 0.717) is 0 Å². The third kappa shape index (κ3) is 4.11. The van der Waals surface area contributed by atoms with Crippen LogP contribution in [0, 0.1) is 6.92 Å². The van der Waals surface area contributed by atoms with E-state index in [4.69, 9.17) is 9.47 Å². The van der Waals surface area contributed by atoms with Crippen molar-refractivity contribution in [2.75, 3.05) is 0 Å². The van der Waals surface area contributed by atoms with E-state index in [-0.39, 0.29) is 12.4 Å². The fourth-order valence-corrected chi connectivity index (χ4v) is 1.77. The molecule has 0 heterocycles. The summed E-state index contributed by atoms with van der Waals surface area (Å²) in [7, 11) is 0. The van der Waals surface area contributed by atoms with E-state index in [0.717, 1.165) is 11.3 Å². The molecule has 0 saturated heterocycles. The molecule has 19 heavy (non-hydrogen) atoms. The van der Waals surface area contributed by atoms with Gasteiger partial charge in [0.1, 0.15) is 5.75 Å².